The minimum absolute atomic E-state index is 0.359. The van der Waals surface area contributed by atoms with Crippen LogP contribution in [0.3, 0.4) is 0 Å². The number of ether oxygens (including phenoxy) is 3. The largest absolute Gasteiger partial charge is 0.493 e. The number of amides is 1. The highest BCUT2D eigenvalue weighted by Crippen LogP contribution is 2.27. The number of hydrazone groups is 1. The van der Waals surface area contributed by atoms with Crippen molar-refractivity contribution >= 4 is 28.1 Å². The normalized spacial score (nSPS) is 10.6. The molecule has 0 aliphatic rings. The van der Waals surface area contributed by atoms with Crippen molar-refractivity contribution in [1.29, 1.82) is 0 Å². The van der Waals surface area contributed by atoms with Gasteiger partial charge in [0, 0.05) is 4.47 Å². The van der Waals surface area contributed by atoms with E-state index in [0.717, 1.165) is 15.6 Å². The maximum absolute atomic E-state index is 12.7. The highest BCUT2D eigenvalue weighted by molar-refractivity contribution is 9.10. The van der Waals surface area contributed by atoms with Crippen molar-refractivity contribution in [3.05, 3.63) is 87.9 Å². The first-order valence-corrected chi connectivity index (χ1v) is 9.91. The Labute approximate surface area is 183 Å². The van der Waals surface area contributed by atoms with Crippen molar-refractivity contribution in [2.45, 2.75) is 6.61 Å². The van der Waals surface area contributed by atoms with E-state index in [4.69, 9.17) is 14.2 Å². The zero-order valence-electron chi connectivity index (χ0n) is 16.6. The minimum atomic E-state index is -0.379. The first-order chi connectivity index (χ1) is 14.6. The Morgan fingerprint density at radius 1 is 0.967 bits per heavy atom. The standard InChI is InChI=1S/C23H21BrN2O4/c1-28-21-10-8-17(12-22(21)29-2)14-25-26-23(27)19-13-18(24)9-11-20(19)30-15-16-6-4-3-5-7-16/h3-14H,15H2,1-2H3,(H,26,27)/b25-14+. The first kappa shape index (κ1) is 21.4. The SMILES string of the molecule is COc1ccc(/C=N/NC(=O)c2cc(Br)ccc2OCc2ccccc2)cc1OC. The van der Waals surface area contributed by atoms with Crippen LogP contribution in [0.5, 0.6) is 17.2 Å². The van der Waals surface area contributed by atoms with E-state index in [2.05, 4.69) is 26.5 Å². The number of nitrogens with one attached hydrogen (secondary N) is 1. The molecule has 30 heavy (non-hydrogen) atoms. The Balaban J connectivity index is 1.70. The molecule has 0 aliphatic carbocycles. The fourth-order valence-corrected chi connectivity index (χ4v) is 3.06. The molecule has 3 rings (SSSR count). The second-order valence-corrected chi connectivity index (χ2v) is 7.14. The van der Waals surface area contributed by atoms with Crippen molar-refractivity contribution < 1.29 is 19.0 Å². The van der Waals surface area contributed by atoms with Crippen LogP contribution < -0.4 is 19.6 Å². The van der Waals surface area contributed by atoms with Crippen LogP contribution in [-0.2, 0) is 6.61 Å². The van der Waals surface area contributed by atoms with E-state index in [9.17, 15) is 4.79 Å². The first-order valence-electron chi connectivity index (χ1n) is 9.12. The lowest BCUT2D eigenvalue weighted by Gasteiger charge is -2.11. The van der Waals surface area contributed by atoms with Gasteiger partial charge in [-0.3, -0.25) is 4.79 Å². The van der Waals surface area contributed by atoms with E-state index in [0.29, 0.717) is 29.4 Å². The summed E-state index contributed by atoms with van der Waals surface area (Å²) in [6.45, 7) is 0.359. The molecular weight excluding hydrogens is 448 g/mol. The quantitative estimate of drug-likeness (QED) is 0.380. The molecule has 0 spiro atoms. The second-order valence-electron chi connectivity index (χ2n) is 6.23. The summed E-state index contributed by atoms with van der Waals surface area (Å²) in [6, 6.07) is 20.4. The predicted molar refractivity (Wildman–Crippen MR) is 120 cm³/mol. The topological polar surface area (TPSA) is 69.2 Å². The molecule has 0 saturated carbocycles. The third kappa shape index (κ3) is 5.61. The third-order valence-corrected chi connectivity index (χ3v) is 4.70. The molecule has 1 N–H and O–H groups in total. The lowest BCUT2D eigenvalue weighted by Crippen LogP contribution is -2.18. The van der Waals surface area contributed by atoms with Gasteiger partial charge in [-0.2, -0.15) is 5.10 Å². The summed E-state index contributed by atoms with van der Waals surface area (Å²) >= 11 is 3.40. The zero-order chi connectivity index (χ0) is 21.3. The molecule has 0 aromatic heterocycles. The van der Waals surface area contributed by atoms with Gasteiger partial charge in [0.2, 0.25) is 0 Å². The lowest BCUT2D eigenvalue weighted by atomic mass is 10.2. The van der Waals surface area contributed by atoms with E-state index in [1.165, 1.54) is 6.21 Å². The summed E-state index contributed by atoms with van der Waals surface area (Å²) in [5, 5.41) is 4.05. The monoisotopic (exact) mass is 468 g/mol. The van der Waals surface area contributed by atoms with E-state index in [1.54, 1.807) is 38.5 Å². The summed E-state index contributed by atoms with van der Waals surface area (Å²) < 4.78 is 17.1. The van der Waals surface area contributed by atoms with E-state index < -0.39 is 0 Å². The van der Waals surface area contributed by atoms with Crippen molar-refractivity contribution in [3.8, 4) is 17.2 Å². The summed E-state index contributed by atoms with van der Waals surface area (Å²) in [5.74, 6) is 1.29. The highest BCUT2D eigenvalue weighted by atomic mass is 79.9. The molecule has 0 radical (unpaired) electrons. The summed E-state index contributed by atoms with van der Waals surface area (Å²) in [7, 11) is 3.13. The van der Waals surface area contributed by atoms with Crippen LogP contribution in [0.25, 0.3) is 0 Å². The van der Waals surface area contributed by atoms with Gasteiger partial charge >= 0.3 is 0 Å². The number of nitrogens with zero attached hydrogens (tertiary/aromatic N) is 1. The van der Waals surface area contributed by atoms with Crippen LogP contribution in [-0.4, -0.2) is 26.3 Å². The maximum Gasteiger partial charge on any atom is 0.275 e. The molecule has 3 aromatic carbocycles. The fraction of sp³-hybridized carbons (Fsp3) is 0.130. The lowest BCUT2D eigenvalue weighted by molar-refractivity contribution is 0.0950. The number of benzene rings is 3. The Morgan fingerprint density at radius 2 is 1.70 bits per heavy atom. The molecule has 0 aliphatic heterocycles. The van der Waals surface area contributed by atoms with Gasteiger partial charge in [0.1, 0.15) is 12.4 Å². The number of carbonyl (C=O) groups is 1. The van der Waals surface area contributed by atoms with Gasteiger partial charge < -0.3 is 14.2 Å². The van der Waals surface area contributed by atoms with Gasteiger partial charge in [0.15, 0.2) is 11.5 Å². The molecule has 3 aromatic rings. The Hall–Kier alpha value is -3.32. The molecule has 0 saturated heterocycles. The Kier molecular flexibility index (Phi) is 7.45. The van der Waals surface area contributed by atoms with Crippen LogP contribution in [0.2, 0.25) is 0 Å². The number of hydrogen-bond acceptors (Lipinski definition) is 5. The van der Waals surface area contributed by atoms with Crippen LogP contribution in [0.1, 0.15) is 21.5 Å². The average molecular weight is 469 g/mol. The molecule has 0 atom stereocenters. The van der Waals surface area contributed by atoms with Gasteiger partial charge in [-0.1, -0.05) is 46.3 Å². The fourth-order valence-electron chi connectivity index (χ4n) is 2.70. The van der Waals surface area contributed by atoms with Crippen LogP contribution >= 0.6 is 15.9 Å². The van der Waals surface area contributed by atoms with Gasteiger partial charge in [0.05, 0.1) is 26.0 Å². The minimum Gasteiger partial charge on any atom is -0.493 e. The van der Waals surface area contributed by atoms with E-state index in [1.807, 2.05) is 42.5 Å². The molecule has 7 heteroatoms. The Morgan fingerprint density at radius 3 is 2.43 bits per heavy atom. The molecule has 0 unspecified atom stereocenters. The van der Waals surface area contributed by atoms with Crippen molar-refractivity contribution in [2.24, 2.45) is 5.10 Å². The molecule has 0 fully saturated rings. The summed E-state index contributed by atoms with van der Waals surface area (Å²) in [6.07, 6.45) is 1.53. The number of carbonyl (C=O) groups excluding carboxylic acids is 1. The van der Waals surface area contributed by atoms with Crippen molar-refractivity contribution in [1.82, 2.24) is 5.43 Å². The molecular formula is C23H21BrN2O4. The number of methoxy groups -OCH3 is 2. The molecule has 0 heterocycles. The van der Waals surface area contributed by atoms with Crippen LogP contribution in [0, 0.1) is 0 Å². The van der Waals surface area contributed by atoms with Gasteiger partial charge in [-0.25, -0.2) is 5.43 Å². The van der Waals surface area contributed by atoms with E-state index >= 15 is 0 Å². The number of halogens is 1. The zero-order valence-corrected chi connectivity index (χ0v) is 18.2. The molecule has 6 nitrogen and oxygen atoms in total. The van der Waals surface area contributed by atoms with Crippen LogP contribution in [0.4, 0.5) is 0 Å². The van der Waals surface area contributed by atoms with Gasteiger partial charge in [-0.15, -0.1) is 0 Å². The van der Waals surface area contributed by atoms with E-state index in [-0.39, 0.29) is 5.91 Å². The molecule has 1 amide bonds. The Bertz CT molecular complexity index is 1040. The molecule has 0 bridgehead atoms. The number of hydrogen-bond donors (Lipinski definition) is 1. The second kappa shape index (κ2) is 10.5. The predicted octanol–water partition coefficient (Wildman–Crippen LogP) is 4.81. The van der Waals surface area contributed by atoms with Crippen molar-refractivity contribution in [2.75, 3.05) is 14.2 Å². The van der Waals surface area contributed by atoms with Gasteiger partial charge in [-0.05, 0) is 47.5 Å². The molecule has 154 valence electrons. The average Bonchev–Trinajstić information content (AvgIpc) is 2.78. The van der Waals surface area contributed by atoms with Crippen molar-refractivity contribution in [3.63, 3.8) is 0 Å². The summed E-state index contributed by atoms with van der Waals surface area (Å²) in [5.41, 5.74) is 4.68. The highest BCUT2D eigenvalue weighted by Gasteiger charge is 2.13. The third-order valence-electron chi connectivity index (χ3n) is 4.21. The van der Waals surface area contributed by atoms with Gasteiger partial charge in [0.25, 0.3) is 5.91 Å². The summed E-state index contributed by atoms with van der Waals surface area (Å²) in [4.78, 5) is 12.7. The van der Waals surface area contributed by atoms with Crippen LogP contribution in [0.15, 0.2) is 76.3 Å². The maximum atomic E-state index is 12.7. The number of rotatable bonds is 8. The smallest absolute Gasteiger partial charge is 0.275 e.